The van der Waals surface area contributed by atoms with Crippen LogP contribution >= 0.6 is 0 Å². The summed E-state index contributed by atoms with van der Waals surface area (Å²) in [6.45, 7) is 0.116. The summed E-state index contributed by atoms with van der Waals surface area (Å²) < 4.78 is 5.74. The van der Waals surface area contributed by atoms with Crippen molar-refractivity contribution >= 4 is 23.9 Å². The number of amides is 2. The Bertz CT molecular complexity index is 1420. The second-order valence-corrected chi connectivity index (χ2v) is 8.72. The molecular weight excluding hydrogens is 460 g/mol. The van der Waals surface area contributed by atoms with Gasteiger partial charge in [0.25, 0.3) is 5.91 Å². The first-order valence-electron chi connectivity index (χ1n) is 12.2. The van der Waals surface area contributed by atoms with Crippen molar-refractivity contribution in [1.29, 1.82) is 0 Å². The maximum absolute atomic E-state index is 13.6. The molecule has 37 heavy (non-hydrogen) atoms. The van der Waals surface area contributed by atoms with Crippen molar-refractivity contribution in [2.24, 2.45) is 4.99 Å². The lowest BCUT2D eigenvalue weighted by Gasteiger charge is -2.21. The van der Waals surface area contributed by atoms with Crippen LogP contribution in [0.25, 0.3) is 6.08 Å². The molecule has 1 fully saturated rings. The fraction of sp³-hybridized carbons (Fsp3) is 0.0938. The average Bonchev–Trinajstić information content (AvgIpc) is 3.31. The number of aliphatic imine (C=N–C) groups is 1. The highest BCUT2D eigenvalue weighted by Crippen LogP contribution is 2.40. The highest BCUT2D eigenvalue weighted by Gasteiger charge is 2.39. The van der Waals surface area contributed by atoms with Crippen molar-refractivity contribution in [1.82, 2.24) is 4.90 Å². The summed E-state index contributed by atoms with van der Waals surface area (Å²) in [6.07, 6.45) is 1.79. The Balaban J connectivity index is 1.56. The molecule has 0 bridgehead atoms. The molecule has 1 aliphatic rings. The van der Waals surface area contributed by atoms with Crippen LogP contribution in [0.4, 0.5) is 4.79 Å². The van der Waals surface area contributed by atoms with Gasteiger partial charge in [-0.05, 0) is 34.9 Å². The average molecular weight is 487 g/mol. The molecule has 2 amide bonds. The number of ether oxygens (including phenoxy) is 1. The molecule has 1 unspecified atom stereocenters. The van der Waals surface area contributed by atoms with E-state index < -0.39 is 12.0 Å². The molecule has 4 aromatic carbocycles. The van der Waals surface area contributed by atoms with Crippen molar-refractivity contribution in [3.05, 3.63) is 149 Å². The molecule has 5 heteroatoms. The summed E-state index contributed by atoms with van der Waals surface area (Å²) in [5.41, 5.74) is 4.03. The van der Waals surface area contributed by atoms with Gasteiger partial charge in [-0.15, -0.1) is 0 Å². The molecule has 0 aliphatic carbocycles. The number of benzene rings is 4. The highest BCUT2D eigenvalue weighted by atomic mass is 16.6. The van der Waals surface area contributed by atoms with E-state index in [1.807, 2.05) is 103 Å². The third-order valence-corrected chi connectivity index (χ3v) is 6.22. The minimum Gasteiger partial charge on any atom is -0.444 e. The van der Waals surface area contributed by atoms with Crippen LogP contribution in [0.2, 0.25) is 0 Å². The lowest BCUT2D eigenvalue weighted by molar-refractivity contribution is 0.100. The van der Waals surface area contributed by atoms with E-state index >= 15 is 0 Å². The predicted molar refractivity (Wildman–Crippen MR) is 145 cm³/mol. The smallest absolute Gasteiger partial charge is 0.420 e. The first kappa shape index (κ1) is 23.9. The summed E-state index contributed by atoms with van der Waals surface area (Å²) in [5.74, 6) is -0.208. The third kappa shape index (κ3) is 5.73. The zero-order chi connectivity index (χ0) is 25.5. The Morgan fingerprint density at radius 3 is 2.00 bits per heavy atom. The first-order valence-corrected chi connectivity index (χ1v) is 12.2. The van der Waals surface area contributed by atoms with Gasteiger partial charge in [-0.1, -0.05) is 109 Å². The van der Waals surface area contributed by atoms with Gasteiger partial charge in [0.15, 0.2) is 0 Å². The lowest BCUT2D eigenvalue weighted by atomic mass is 9.94. The van der Waals surface area contributed by atoms with Gasteiger partial charge in [-0.25, -0.2) is 9.69 Å². The van der Waals surface area contributed by atoms with E-state index in [0.717, 1.165) is 22.4 Å². The van der Waals surface area contributed by atoms with Crippen LogP contribution in [0.15, 0.2) is 132 Å². The molecule has 5 rings (SSSR count). The van der Waals surface area contributed by atoms with E-state index in [0.29, 0.717) is 17.8 Å². The number of likely N-dealkylation sites (tertiary alicyclic amines) is 1. The number of amidine groups is 1. The number of rotatable bonds is 5. The van der Waals surface area contributed by atoms with Gasteiger partial charge in [0.2, 0.25) is 0 Å². The fourth-order valence-electron chi connectivity index (χ4n) is 4.40. The molecule has 0 saturated carbocycles. The van der Waals surface area contributed by atoms with Crippen LogP contribution in [-0.4, -0.2) is 22.7 Å². The lowest BCUT2D eigenvalue weighted by Crippen LogP contribution is -2.32. The SMILES string of the molecule is O=C(N=C1CC(c2ccccc2)/C(=C/c2ccccc2)N1C(=O)OCc1ccccc1)c1ccccc1. The van der Waals surface area contributed by atoms with Crippen molar-refractivity contribution in [3.63, 3.8) is 0 Å². The van der Waals surface area contributed by atoms with Gasteiger partial charge in [0.05, 0.1) is 0 Å². The second-order valence-electron chi connectivity index (χ2n) is 8.72. The number of hydrogen-bond acceptors (Lipinski definition) is 3. The quantitative estimate of drug-likeness (QED) is 0.302. The van der Waals surface area contributed by atoms with Crippen LogP contribution < -0.4 is 0 Å². The maximum Gasteiger partial charge on any atom is 0.420 e. The molecule has 4 aromatic rings. The maximum atomic E-state index is 13.6. The van der Waals surface area contributed by atoms with Crippen molar-refractivity contribution in [2.75, 3.05) is 0 Å². The van der Waals surface area contributed by atoms with Crippen LogP contribution in [0.1, 0.15) is 39.4 Å². The molecule has 182 valence electrons. The fourth-order valence-corrected chi connectivity index (χ4v) is 4.40. The van der Waals surface area contributed by atoms with Gasteiger partial charge in [-0.2, -0.15) is 4.99 Å². The molecule has 1 saturated heterocycles. The van der Waals surface area contributed by atoms with Crippen LogP contribution in [-0.2, 0) is 11.3 Å². The van der Waals surface area contributed by atoms with Crippen LogP contribution in [0, 0.1) is 0 Å². The zero-order valence-corrected chi connectivity index (χ0v) is 20.2. The summed E-state index contributed by atoms with van der Waals surface area (Å²) in [7, 11) is 0. The van der Waals surface area contributed by atoms with E-state index in [1.165, 1.54) is 4.90 Å². The summed E-state index contributed by atoms with van der Waals surface area (Å²) >= 11 is 0. The van der Waals surface area contributed by atoms with E-state index in [1.54, 1.807) is 24.3 Å². The van der Waals surface area contributed by atoms with E-state index in [2.05, 4.69) is 4.99 Å². The summed E-state index contributed by atoms with van der Waals surface area (Å²) in [4.78, 5) is 32.6. The summed E-state index contributed by atoms with van der Waals surface area (Å²) in [5, 5.41) is 0. The van der Waals surface area contributed by atoms with Gasteiger partial charge < -0.3 is 4.74 Å². The molecule has 0 aromatic heterocycles. The standard InChI is InChI=1S/C32H26N2O3/c35-31(27-19-11-4-12-20-27)33-30-22-28(26-17-9-3-10-18-26)29(21-24-13-5-1-6-14-24)34(30)32(36)37-23-25-15-7-2-8-16-25/h1-21,28H,22-23H2/b29-21-,33-30?. The molecule has 1 aliphatic heterocycles. The van der Waals surface area contributed by atoms with E-state index in [9.17, 15) is 9.59 Å². The molecule has 0 N–H and O–H groups in total. The van der Waals surface area contributed by atoms with Gasteiger partial charge in [0.1, 0.15) is 12.4 Å². The topological polar surface area (TPSA) is 59.0 Å². The number of allylic oxidation sites excluding steroid dienone is 1. The first-order chi connectivity index (χ1) is 18.2. The number of carbonyl (C=O) groups excluding carboxylic acids is 2. The Labute approximate surface area is 216 Å². The molecule has 0 spiro atoms. The van der Waals surface area contributed by atoms with E-state index in [-0.39, 0.29) is 12.5 Å². The molecular formula is C32H26N2O3. The monoisotopic (exact) mass is 486 g/mol. The highest BCUT2D eigenvalue weighted by molar-refractivity contribution is 6.09. The van der Waals surface area contributed by atoms with Crippen LogP contribution in [0.5, 0.6) is 0 Å². The Kier molecular flexibility index (Phi) is 7.32. The van der Waals surface area contributed by atoms with Gasteiger partial charge in [-0.3, -0.25) is 4.79 Å². The zero-order valence-electron chi connectivity index (χ0n) is 20.2. The minimum absolute atomic E-state index is 0.116. The summed E-state index contributed by atoms with van der Waals surface area (Å²) in [6, 6.07) is 38.1. The minimum atomic E-state index is -0.566. The van der Waals surface area contributed by atoms with Crippen molar-refractivity contribution in [3.8, 4) is 0 Å². The van der Waals surface area contributed by atoms with Gasteiger partial charge in [0, 0.05) is 23.6 Å². The number of nitrogens with zero attached hydrogens (tertiary/aromatic N) is 2. The third-order valence-electron chi connectivity index (χ3n) is 6.22. The van der Waals surface area contributed by atoms with Gasteiger partial charge >= 0.3 is 6.09 Å². The van der Waals surface area contributed by atoms with Crippen molar-refractivity contribution in [2.45, 2.75) is 18.9 Å². The largest absolute Gasteiger partial charge is 0.444 e. The van der Waals surface area contributed by atoms with Crippen LogP contribution in [0.3, 0.4) is 0 Å². The predicted octanol–water partition coefficient (Wildman–Crippen LogP) is 7.09. The molecule has 0 radical (unpaired) electrons. The van der Waals surface area contributed by atoms with E-state index in [4.69, 9.17) is 4.74 Å². The molecule has 1 atom stereocenters. The second kappa shape index (κ2) is 11.3. The molecule has 1 heterocycles. The van der Waals surface area contributed by atoms with Crippen molar-refractivity contribution < 1.29 is 14.3 Å². The molecule has 5 nitrogen and oxygen atoms in total. The number of hydrogen-bond donors (Lipinski definition) is 0. The Morgan fingerprint density at radius 1 is 0.784 bits per heavy atom. The Hall–Kier alpha value is -4.77. The number of carbonyl (C=O) groups is 2. The normalized spacial score (nSPS) is 17.2. The Morgan fingerprint density at radius 2 is 1.35 bits per heavy atom.